The Balaban J connectivity index is 0. The fourth-order valence-electron chi connectivity index (χ4n) is 0.182. The van der Waals surface area contributed by atoms with Crippen molar-refractivity contribution in [1.82, 2.24) is 0 Å². The molecule has 0 bridgehead atoms. The standard InChI is InChI=1S/C6H6O3.Na.H/c1-3-5(7)9-6(8)4-2;;/h3-4H,1-2H2;;. The van der Waals surface area contributed by atoms with Crippen LogP contribution in [-0.2, 0) is 14.3 Å². The zero-order valence-corrected chi connectivity index (χ0v) is 4.79. The fourth-order valence-corrected chi connectivity index (χ4v) is 0.182. The van der Waals surface area contributed by atoms with Crippen LogP contribution < -0.4 is 0 Å². The number of carbonyl (C=O) groups excluding carboxylic acids is 2. The third kappa shape index (κ3) is 5.75. The van der Waals surface area contributed by atoms with E-state index in [0.29, 0.717) is 0 Å². The first-order valence-electron chi connectivity index (χ1n) is 2.21. The zero-order valence-electron chi connectivity index (χ0n) is 4.79. The van der Waals surface area contributed by atoms with Gasteiger partial charge in [-0.3, -0.25) is 0 Å². The van der Waals surface area contributed by atoms with Crippen molar-refractivity contribution in [3.05, 3.63) is 25.3 Å². The van der Waals surface area contributed by atoms with Crippen LogP contribution in [0.2, 0.25) is 0 Å². The van der Waals surface area contributed by atoms with Crippen molar-refractivity contribution < 1.29 is 14.3 Å². The summed E-state index contributed by atoms with van der Waals surface area (Å²) in [7, 11) is 0. The van der Waals surface area contributed by atoms with Gasteiger partial charge in [0.15, 0.2) is 0 Å². The van der Waals surface area contributed by atoms with E-state index in [2.05, 4.69) is 17.9 Å². The van der Waals surface area contributed by atoms with Crippen LogP contribution in [0.5, 0.6) is 0 Å². The minimum atomic E-state index is -0.764. The third-order valence-corrected chi connectivity index (χ3v) is 0.535. The molecule has 0 saturated carbocycles. The molecule has 50 valence electrons. The van der Waals surface area contributed by atoms with E-state index in [1.54, 1.807) is 0 Å². The van der Waals surface area contributed by atoms with Crippen molar-refractivity contribution in [3.8, 4) is 0 Å². The topological polar surface area (TPSA) is 43.4 Å². The Morgan fingerprint density at radius 2 is 1.40 bits per heavy atom. The molecule has 0 heterocycles. The van der Waals surface area contributed by atoms with Gasteiger partial charge in [-0.15, -0.1) is 0 Å². The van der Waals surface area contributed by atoms with Crippen molar-refractivity contribution in [3.63, 3.8) is 0 Å². The van der Waals surface area contributed by atoms with Gasteiger partial charge < -0.3 is 4.74 Å². The first-order chi connectivity index (χ1) is 4.20. The van der Waals surface area contributed by atoms with Crippen LogP contribution in [0.1, 0.15) is 0 Å². The second-order valence-corrected chi connectivity index (χ2v) is 1.15. The van der Waals surface area contributed by atoms with Crippen molar-refractivity contribution >= 4 is 41.5 Å². The maximum absolute atomic E-state index is 10.2. The summed E-state index contributed by atoms with van der Waals surface area (Å²) in [5, 5.41) is 0. The van der Waals surface area contributed by atoms with E-state index >= 15 is 0 Å². The summed E-state index contributed by atoms with van der Waals surface area (Å²) in [5.74, 6) is -1.53. The normalized spacial score (nSPS) is 6.80. The van der Waals surface area contributed by atoms with E-state index < -0.39 is 11.9 Å². The molecular formula is C6H7NaO3. The van der Waals surface area contributed by atoms with Crippen LogP contribution in [0.4, 0.5) is 0 Å². The quantitative estimate of drug-likeness (QED) is 0.236. The maximum atomic E-state index is 10.2. The Kier molecular flexibility index (Phi) is 8.29. The number of esters is 2. The van der Waals surface area contributed by atoms with Crippen LogP contribution in [0.3, 0.4) is 0 Å². The van der Waals surface area contributed by atoms with Gasteiger partial charge in [-0.2, -0.15) is 0 Å². The van der Waals surface area contributed by atoms with Gasteiger partial charge in [-0.1, -0.05) is 13.2 Å². The molecule has 0 fully saturated rings. The molecule has 0 aromatic carbocycles. The molecule has 0 N–H and O–H groups in total. The SMILES string of the molecule is C=CC(=O)OC(=O)C=C.[NaH]. The number of hydrogen-bond acceptors (Lipinski definition) is 3. The Labute approximate surface area is 81.0 Å². The molecular weight excluding hydrogens is 143 g/mol. The fraction of sp³-hybridized carbons (Fsp3) is 0. The second-order valence-electron chi connectivity index (χ2n) is 1.15. The van der Waals surface area contributed by atoms with Crippen molar-refractivity contribution in [1.29, 1.82) is 0 Å². The van der Waals surface area contributed by atoms with Gasteiger partial charge in [-0.05, 0) is 0 Å². The average Bonchev–Trinajstić information content (AvgIpc) is 1.87. The third-order valence-electron chi connectivity index (χ3n) is 0.535. The Morgan fingerprint density at radius 1 is 1.10 bits per heavy atom. The molecule has 0 aliphatic heterocycles. The first-order valence-corrected chi connectivity index (χ1v) is 2.21. The van der Waals surface area contributed by atoms with Crippen molar-refractivity contribution in [2.45, 2.75) is 0 Å². The van der Waals surface area contributed by atoms with E-state index in [9.17, 15) is 9.59 Å². The predicted octanol–water partition coefficient (Wildman–Crippen LogP) is -0.220. The summed E-state index contributed by atoms with van der Waals surface area (Å²) in [6, 6.07) is 0. The molecule has 0 saturated heterocycles. The molecule has 0 aromatic rings. The molecule has 0 amide bonds. The summed E-state index contributed by atoms with van der Waals surface area (Å²) in [6.45, 7) is 6.17. The summed E-state index contributed by atoms with van der Waals surface area (Å²) >= 11 is 0. The van der Waals surface area contributed by atoms with Crippen molar-refractivity contribution in [2.24, 2.45) is 0 Å². The van der Waals surface area contributed by atoms with Gasteiger partial charge in [0.1, 0.15) is 0 Å². The predicted molar refractivity (Wildman–Crippen MR) is 38.6 cm³/mol. The van der Waals surface area contributed by atoms with Gasteiger partial charge in [0.05, 0.1) is 0 Å². The van der Waals surface area contributed by atoms with E-state index in [4.69, 9.17) is 0 Å². The number of ether oxygens (including phenoxy) is 1. The Bertz CT molecular complexity index is 144. The molecule has 0 atom stereocenters. The number of hydrogen-bond donors (Lipinski definition) is 0. The monoisotopic (exact) mass is 150 g/mol. The molecule has 3 nitrogen and oxygen atoms in total. The molecule has 0 spiro atoms. The Morgan fingerprint density at radius 3 is 1.60 bits per heavy atom. The van der Waals surface area contributed by atoms with Crippen LogP contribution in [-0.4, -0.2) is 41.5 Å². The molecule has 0 rings (SSSR count). The van der Waals surface area contributed by atoms with E-state index in [1.165, 1.54) is 0 Å². The van der Waals surface area contributed by atoms with Crippen LogP contribution in [0, 0.1) is 0 Å². The van der Waals surface area contributed by atoms with Gasteiger partial charge >= 0.3 is 41.5 Å². The molecule has 0 radical (unpaired) electrons. The van der Waals surface area contributed by atoms with Gasteiger partial charge in [-0.25, -0.2) is 9.59 Å². The average molecular weight is 150 g/mol. The summed E-state index contributed by atoms with van der Waals surface area (Å²) < 4.78 is 4.03. The van der Waals surface area contributed by atoms with E-state index in [0.717, 1.165) is 12.2 Å². The summed E-state index contributed by atoms with van der Waals surface area (Å²) in [6.07, 6.45) is 1.81. The molecule has 0 unspecified atom stereocenters. The second kappa shape index (κ2) is 6.74. The molecule has 0 aliphatic rings. The van der Waals surface area contributed by atoms with E-state index in [-0.39, 0.29) is 29.6 Å². The number of carbonyl (C=O) groups is 2. The minimum absolute atomic E-state index is 0. The van der Waals surface area contributed by atoms with E-state index in [1.807, 2.05) is 0 Å². The molecule has 0 aromatic heterocycles. The number of rotatable bonds is 2. The van der Waals surface area contributed by atoms with Crippen LogP contribution in [0.15, 0.2) is 25.3 Å². The van der Waals surface area contributed by atoms with Gasteiger partial charge in [0.25, 0.3) is 0 Å². The molecule has 0 aliphatic carbocycles. The van der Waals surface area contributed by atoms with Gasteiger partial charge in [0, 0.05) is 12.2 Å². The van der Waals surface area contributed by atoms with Gasteiger partial charge in [0.2, 0.25) is 0 Å². The Hall–Kier alpha value is -0.380. The molecule has 4 heteroatoms. The summed E-state index contributed by atoms with van der Waals surface area (Å²) in [5.41, 5.74) is 0. The van der Waals surface area contributed by atoms with Crippen LogP contribution in [0.25, 0.3) is 0 Å². The first kappa shape index (κ1) is 12.3. The van der Waals surface area contributed by atoms with Crippen LogP contribution >= 0.6 is 0 Å². The van der Waals surface area contributed by atoms with Crippen molar-refractivity contribution in [2.75, 3.05) is 0 Å². The molecule has 10 heavy (non-hydrogen) atoms. The zero-order chi connectivity index (χ0) is 7.28. The summed E-state index contributed by atoms with van der Waals surface area (Å²) in [4.78, 5) is 20.3.